The highest BCUT2D eigenvalue weighted by atomic mass is 14.6. The maximum absolute atomic E-state index is 5.90. The SMILES string of the molecule is Cc1cc2c(cc1N)C[C@H](N)CC2. The summed E-state index contributed by atoms with van der Waals surface area (Å²) in [7, 11) is 0. The largest absolute Gasteiger partial charge is 0.399 e. The number of hydrogen-bond acceptors (Lipinski definition) is 2. The fourth-order valence-electron chi connectivity index (χ4n) is 1.98. The summed E-state index contributed by atoms with van der Waals surface area (Å²) < 4.78 is 0. The smallest absolute Gasteiger partial charge is 0.0346 e. The van der Waals surface area contributed by atoms with Gasteiger partial charge >= 0.3 is 0 Å². The minimum Gasteiger partial charge on any atom is -0.399 e. The van der Waals surface area contributed by atoms with Crippen molar-refractivity contribution in [2.75, 3.05) is 5.73 Å². The van der Waals surface area contributed by atoms with Gasteiger partial charge < -0.3 is 11.5 Å². The zero-order chi connectivity index (χ0) is 9.42. The summed E-state index contributed by atoms with van der Waals surface area (Å²) in [5, 5.41) is 0. The molecule has 0 fully saturated rings. The third-order valence-electron chi connectivity index (χ3n) is 2.85. The molecule has 2 rings (SSSR count). The zero-order valence-electron chi connectivity index (χ0n) is 8.01. The predicted octanol–water partition coefficient (Wildman–Crippen LogP) is 1.39. The molecule has 4 N–H and O–H groups in total. The topological polar surface area (TPSA) is 52.0 Å². The summed E-state index contributed by atoms with van der Waals surface area (Å²) in [6.07, 6.45) is 3.20. The number of nitrogens with two attached hydrogens (primary N) is 2. The van der Waals surface area contributed by atoms with Gasteiger partial charge in [0.25, 0.3) is 0 Å². The van der Waals surface area contributed by atoms with Crippen molar-refractivity contribution < 1.29 is 0 Å². The molecule has 2 nitrogen and oxygen atoms in total. The summed E-state index contributed by atoms with van der Waals surface area (Å²) in [5.41, 5.74) is 16.6. The normalized spacial score (nSPS) is 21.2. The van der Waals surface area contributed by atoms with Gasteiger partial charge in [-0.2, -0.15) is 0 Å². The number of benzene rings is 1. The third kappa shape index (κ3) is 1.54. The van der Waals surface area contributed by atoms with E-state index in [0.29, 0.717) is 6.04 Å². The van der Waals surface area contributed by atoms with Gasteiger partial charge in [-0.15, -0.1) is 0 Å². The highest BCUT2D eigenvalue weighted by Gasteiger charge is 2.15. The zero-order valence-corrected chi connectivity index (χ0v) is 8.01. The van der Waals surface area contributed by atoms with Crippen LogP contribution in [0.4, 0.5) is 5.69 Å². The Morgan fingerprint density at radius 2 is 2.08 bits per heavy atom. The summed E-state index contributed by atoms with van der Waals surface area (Å²) in [6.45, 7) is 2.06. The van der Waals surface area contributed by atoms with Crippen molar-refractivity contribution in [3.05, 3.63) is 28.8 Å². The Morgan fingerprint density at radius 1 is 1.31 bits per heavy atom. The molecule has 70 valence electrons. The summed E-state index contributed by atoms with van der Waals surface area (Å²) in [4.78, 5) is 0. The van der Waals surface area contributed by atoms with Crippen LogP contribution in [0.25, 0.3) is 0 Å². The van der Waals surface area contributed by atoms with Gasteiger partial charge in [-0.1, -0.05) is 6.07 Å². The van der Waals surface area contributed by atoms with E-state index in [0.717, 1.165) is 24.9 Å². The molecule has 0 unspecified atom stereocenters. The number of aryl methyl sites for hydroxylation is 2. The molecule has 13 heavy (non-hydrogen) atoms. The maximum atomic E-state index is 5.90. The van der Waals surface area contributed by atoms with Crippen LogP contribution in [0.15, 0.2) is 12.1 Å². The van der Waals surface area contributed by atoms with Crippen LogP contribution in [0, 0.1) is 6.92 Å². The molecule has 0 amide bonds. The van der Waals surface area contributed by atoms with E-state index >= 15 is 0 Å². The third-order valence-corrected chi connectivity index (χ3v) is 2.85. The molecular weight excluding hydrogens is 160 g/mol. The molecule has 1 aliphatic carbocycles. The standard InChI is InChI=1S/C11H16N2/c1-7-4-8-2-3-10(12)5-9(8)6-11(7)13/h4,6,10H,2-3,5,12-13H2,1H3/t10-/m1/s1. The Balaban J connectivity index is 2.43. The second-order valence-corrected chi connectivity index (χ2v) is 3.98. The first-order chi connectivity index (χ1) is 6.16. The van der Waals surface area contributed by atoms with E-state index in [4.69, 9.17) is 11.5 Å². The minimum absolute atomic E-state index is 0.328. The second-order valence-electron chi connectivity index (χ2n) is 3.98. The summed E-state index contributed by atoms with van der Waals surface area (Å²) in [5.74, 6) is 0. The van der Waals surface area contributed by atoms with Crippen molar-refractivity contribution in [3.63, 3.8) is 0 Å². The second kappa shape index (κ2) is 3.04. The van der Waals surface area contributed by atoms with Gasteiger partial charge in [0.2, 0.25) is 0 Å². The number of rotatable bonds is 0. The van der Waals surface area contributed by atoms with Crippen LogP contribution in [-0.4, -0.2) is 6.04 Å². The average Bonchev–Trinajstić information content (AvgIpc) is 2.08. The predicted molar refractivity (Wildman–Crippen MR) is 55.6 cm³/mol. The molecular formula is C11H16N2. The van der Waals surface area contributed by atoms with E-state index < -0.39 is 0 Å². The van der Waals surface area contributed by atoms with Crippen molar-refractivity contribution in [3.8, 4) is 0 Å². The summed E-state index contributed by atoms with van der Waals surface area (Å²) in [6, 6.07) is 4.62. The molecule has 1 aromatic rings. The Labute approximate surface area is 78.9 Å². The van der Waals surface area contributed by atoms with Gasteiger partial charge in [0.1, 0.15) is 0 Å². The van der Waals surface area contributed by atoms with Crippen LogP contribution < -0.4 is 11.5 Å². The van der Waals surface area contributed by atoms with Crippen LogP contribution in [0.1, 0.15) is 23.1 Å². The van der Waals surface area contributed by atoms with E-state index in [2.05, 4.69) is 19.1 Å². The number of nitrogen functional groups attached to an aromatic ring is 1. The Bertz CT molecular complexity index is 331. The molecule has 0 heterocycles. The van der Waals surface area contributed by atoms with E-state index in [-0.39, 0.29) is 0 Å². The minimum atomic E-state index is 0.328. The number of anilines is 1. The first-order valence-electron chi connectivity index (χ1n) is 4.80. The maximum Gasteiger partial charge on any atom is 0.0346 e. The molecule has 0 saturated heterocycles. The highest BCUT2D eigenvalue weighted by molar-refractivity contribution is 5.52. The van der Waals surface area contributed by atoms with Crippen molar-refractivity contribution in [1.29, 1.82) is 0 Å². The fraction of sp³-hybridized carbons (Fsp3) is 0.455. The first-order valence-corrected chi connectivity index (χ1v) is 4.80. The molecule has 0 radical (unpaired) electrons. The quantitative estimate of drug-likeness (QED) is 0.587. The van der Waals surface area contributed by atoms with Gasteiger partial charge in [-0.3, -0.25) is 0 Å². The van der Waals surface area contributed by atoms with E-state index in [1.165, 1.54) is 16.7 Å². The number of hydrogen-bond donors (Lipinski definition) is 2. The van der Waals surface area contributed by atoms with Crippen LogP contribution in [-0.2, 0) is 12.8 Å². The molecule has 1 aliphatic rings. The van der Waals surface area contributed by atoms with Gasteiger partial charge in [0.15, 0.2) is 0 Å². The molecule has 0 saturated carbocycles. The summed E-state index contributed by atoms with van der Waals surface area (Å²) >= 11 is 0. The van der Waals surface area contributed by atoms with Crippen LogP contribution in [0.3, 0.4) is 0 Å². The average molecular weight is 176 g/mol. The van der Waals surface area contributed by atoms with Crippen LogP contribution in [0.5, 0.6) is 0 Å². The lowest BCUT2D eigenvalue weighted by atomic mass is 9.87. The highest BCUT2D eigenvalue weighted by Crippen LogP contribution is 2.25. The Kier molecular flexibility index (Phi) is 2.00. The van der Waals surface area contributed by atoms with Crippen LogP contribution in [0.2, 0.25) is 0 Å². The fourth-order valence-corrected chi connectivity index (χ4v) is 1.98. The molecule has 0 spiro atoms. The Hall–Kier alpha value is -1.02. The van der Waals surface area contributed by atoms with E-state index in [1.54, 1.807) is 0 Å². The van der Waals surface area contributed by atoms with Gasteiger partial charge in [0.05, 0.1) is 0 Å². The van der Waals surface area contributed by atoms with Crippen molar-refractivity contribution in [2.45, 2.75) is 32.2 Å². The van der Waals surface area contributed by atoms with E-state index in [1.807, 2.05) is 0 Å². The number of fused-ring (bicyclic) bond motifs is 1. The Morgan fingerprint density at radius 3 is 2.85 bits per heavy atom. The van der Waals surface area contributed by atoms with Crippen molar-refractivity contribution in [2.24, 2.45) is 5.73 Å². The van der Waals surface area contributed by atoms with Gasteiger partial charge in [-0.05, 0) is 48.9 Å². The molecule has 1 atom stereocenters. The molecule has 0 aliphatic heterocycles. The monoisotopic (exact) mass is 176 g/mol. The first kappa shape index (κ1) is 8.57. The van der Waals surface area contributed by atoms with Crippen LogP contribution >= 0.6 is 0 Å². The van der Waals surface area contributed by atoms with Gasteiger partial charge in [-0.25, -0.2) is 0 Å². The lowest BCUT2D eigenvalue weighted by Crippen LogP contribution is -2.27. The molecule has 1 aromatic carbocycles. The van der Waals surface area contributed by atoms with Gasteiger partial charge in [0, 0.05) is 11.7 Å². The van der Waals surface area contributed by atoms with Crippen molar-refractivity contribution in [1.82, 2.24) is 0 Å². The van der Waals surface area contributed by atoms with E-state index in [9.17, 15) is 0 Å². The molecule has 2 heteroatoms. The van der Waals surface area contributed by atoms with Crippen molar-refractivity contribution >= 4 is 5.69 Å². The molecule has 0 bridgehead atoms. The lowest BCUT2D eigenvalue weighted by molar-refractivity contribution is 0.576. The lowest BCUT2D eigenvalue weighted by Gasteiger charge is -2.22. The molecule has 0 aromatic heterocycles.